The van der Waals surface area contributed by atoms with Crippen molar-refractivity contribution in [3.05, 3.63) is 59.2 Å². The van der Waals surface area contributed by atoms with Gasteiger partial charge in [0.15, 0.2) is 12.4 Å². The van der Waals surface area contributed by atoms with E-state index in [1.807, 2.05) is 56.3 Å². The van der Waals surface area contributed by atoms with Gasteiger partial charge in [0.05, 0.1) is 12.0 Å². The number of para-hydroxylation sites is 1. The third-order valence-electron chi connectivity index (χ3n) is 5.66. The SMILES string of the molecule is Cc1cc(C)c2c(c1)OC1(CCN(C(=O)COc3ccccc3)CC1)CC2=O. The van der Waals surface area contributed by atoms with E-state index in [-0.39, 0.29) is 18.3 Å². The maximum absolute atomic E-state index is 12.8. The number of amides is 1. The number of aryl methyl sites for hydroxylation is 2. The number of Topliss-reactive ketones (excluding diaryl/α,β-unsaturated/α-hetero) is 1. The molecule has 0 aromatic heterocycles. The van der Waals surface area contributed by atoms with Crippen LogP contribution in [0, 0.1) is 13.8 Å². The molecule has 1 fully saturated rings. The van der Waals surface area contributed by atoms with E-state index in [1.54, 1.807) is 4.90 Å². The molecule has 0 atom stereocenters. The van der Waals surface area contributed by atoms with Crippen molar-refractivity contribution in [1.82, 2.24) is 4.90 Å². The lowest BCUT2D eigenvalue weighted by Gasteiger charge is -2.44. The van der Waals surface area contributed by atoms with Crippen molar-refractivity contribution in [3.8, 4) is 11.5 Å². The molecule has 1 spiro atoms. The average Bonchev–Trinajstić information content (AvgIpc) is 2.66. The molecular formula is C23H25NO4. The summed E-state index contributed by atoms with van der Waals surface area (Å²) >= 11 is 0. The minimum absolute atomic E-state index is 0.0258. The van der Waals surface area contributed by atoms with E-state index in [2.05, 4.69) is 0 Å². The molecular weight excluding hydrogens is 354 g/mol. The van der Waals surface area contributed by atoms with Gasteiger partial charge in [0.2, 0.25) is 0 Å². The highest BCUT2D eigenvalue weighted by molar-refractivity contribution is 6.01. The molecule has 2 aromatic carbocycles. The lowest BCUT2D eigenvalue weighted by atomic mass is 9.81. The normalized spacial score (nSPS) is 17.8. The van der Waals surface area contributed by atoms with Crippen molar-refractivity contribution in [2.75, 3.05) is 19.7 Å². The number of piperidine rings is 1. The molecule has 4 rings (SSSR count). The molecule has 0 aliphatic carbocycles. The number of hydrogen-bond acceptors (Lipinski definition) is 4. The van der Waals surface area contributed by atoms with Gasteiger partial charge in [-0.05, 0) is 43.2 Å². The number of nitrogens with zero attached hydrogens (tertiary/aromatic N) is 1. The third kappa shape index (κ3) is 3.61. The molecule has 0 saturated carbocycles. The van der Waals surface area contributed by atoms with Crippen LogP contribution in [-0.2, 0) is 4.79 Å². The Morgan fingerprint density at radius 2 is 1.86 bits per heavy atom. The Kier molecular flexibility index (Phi) is 4.84. The predicted octanol–water partition coefficient (Wildman–Crippen LogP) is 3.71. The van der Waals surface area contributed by atoms with E-state index in [9.17, 15) is 9.59 Å². The second kappa shape index (κ2) is 7.30. The highest BCUT2D eigenvalue weighted by Crippen LogP contribution is 2.41. The predicted molar refractivity (Wildman–Crippen MR) is 106 cm³/mol. The summed E-state index contributed by atoms with van der Waals surface area (Å²) in [5, 5.41) is 0. The Bertz CT molecular complexity index is 898. The Morgan fingerprint density at radius 1 is 1.14 bits per heavy atom. The molecule has 0 bridgehead atoms. The van der Waals surface area contributed by atoms with E-state index in [0.29, 0.717) is 49.4 Å². The number of carbonyl (C=O) groups is 2. The Balaban J connectivity index is 1.39. The summed E-state index contributed by atoms with van der Waals surface area (Å²) in [6, 6.07) is 13.3. The molecule has 5 heteroatoms. The number of hydrogen-bond donors (Lipinski definition) is 0. The molecule has 2 aromatic rings. The van der Waals surface area contributed by atoms with Crippen LogP contribution in [0.25, 0.3) is 0 Å². The number of rotatable bonds is 3. The van der Waals surface area contributed by atoms with E-state index in [0.717, 1.165) is 11.1 Å². The highest BCUT2D eigenvalue weighted by Gasteiger charge is 2.44. The van der Waals surface area contributed by atoms with Crippen molar-refractivity contribution in [3.63, 3.8) is 0 Å². The van der Waals surface area contributed by atoms with Gasteiger partial charge in [0.1, 0.15) is 17.1 Å². The number of benzene rings is 2. The summed E-state index contributed by atoms with van der Waals surface area (Å²) in [6.45, 7) is 5.14. The van der Waals surface area contributed by atoms with Gasteiger partial charge in [-0.2, -0.15) is 0 Å². The summed E-state index contributed by atoms with van der Waals surface area (Å²) in [5.74, 6) is 1.49. The van der Waals surface area contributed by atoms with Crippen LogP contribution < -0.4 is 9.47 Å². The third-order valence-corrected chi connectivity index (χ3v) is 5.66. The Morgan fingerprint density at radius 3 is 2.57 bits per heavy atom. The molecule has 0 unspecified atom stereocenters. The largest absolute Gasteiger partial charge is 0.486 e. The van der Waals surface area contributed by atoms with E-state index in [1.165, 1.54) is 0 Å². The fourth-order valence-electron chi connectivity index (χ4n) is 4.21. The van der Waals surface area contributed by atoms with Crippen LogP contribution in [0.3, 0.4) is 0 Å². The first-order chi connectivity index (χ1) is 13.5. The first kappa shape index (κ1) is 18.5. The van der Waals surface area contributed by atoms with Crippen LogP contribution in [0.1, 0.15) is 40.7 Å². The molecule has 2 aliphatic rings. The fourth-order valence-corrected chi connectivity index (χ4v) is 4.21. The van der Waals surface area contributed by atoms with Crippen molar-refractivity contribution < 1.29 is 19.1 Å². The molecule has 28 heavy (non-hydrogen) atoms. The summed E-state index contributed by atoms with van der Waals surface area (Å²) in [7, 11) is 0. The van der Waals surface area contributed by atoms with Crippen molar-refractivity contribution in [2.45, 2.75) is 38.7 Å². The standard InChI is InChI=1S/C23H25NO4/c1-16-12-17(2)22-19(25)14-23(28-20(22)13-16)8-10-24(11-9-23)21(26)15-27-18-6-4-3-5-7-18/h3-7,12-13H,8-11,14-15H2,1-2H3. The number of carbonyl (C=O) groups excluding carboxylic acids is 2. The minimum Gasteiger partial charge on any atom is -0.486 e. The summed E-state index contributed by atoms with van der Waals surface area (Å²) in [5.41, 5.74) is 2.28. The Labute approximate surface area is 165 Å². The molecule has 0 N–H and O–H groups in total. The molecule has 0 radical (unpaired) electrons. The smallest absolute Gasteiger partial charge is 0.260 e. The van der Waals surface area contributed by atoms with Gasteiger partial charge in [-0.25, -0.2) is 0 Å². The molecule has 5 nitrogen and oxygen atoms in total. The zero-order valence-electron chi connectivity index (χ0n) is 16.4. The second-order valence-electron chi connectivity index (χ2n) is 7.82. The van der Waals surface area contributed by atoms with Gasteiger partial charge < -0.3 is 14.4 Å². The van der Waals surface area contributed by atoms with E-state index in [4.69, 9.17) is 9.47 Å². The summed E-state index contributed by atoms with van der Waals surface area (Å²) in [4.78, 5) is 27.1. The summed E-state index contributed by atoms with van der Waals surface area (Å²) in [6.07, 6.45) is 1.69. The van der Waals surface area contributed by atoms with Crippen LogP contribution in [0.4, 0.5) is 0 Å². The lowest BCUT2D eigenvalue weighted by Crippen LogP contribution is -2.53. The topological polar surface area (TPSA) is 55.8 Å². The molecule has 146 valence electrons. The van der Waals surface area contributed by atoms with Crippen LogP contribution >= 0.6 is 0 Å². The zero-order valence-corrected chi connectivity index (χ0v) is 16.4. The fraction of sp³-hybridized carbons (Fsp3) is 0.391. The first-order valence-electron chi connectivity index (χ1n) is 9.75. The highest BCUT2D eigenvalue weighted by atomic mass is 16.5. The minimum atomic E-state index is -0.499. The number of ketones is 1. The van der Waals surface area contributed by atoms with Crippen LogP contribution in [-0.4, -0.2) is 41.9 Å². The van der Waals surface area contributed by atoms with Gasteiger partial charge in [0, 0.05) is 25.9 Å². The van der Waals surface area contributed by atoms with Crippen LogP contribution in [0.5, 0.6) is 11.5 Å². The zero-order chi connectivity index (χ0) is 19.7. The van der Waals surface area contributed by atoms with Crippen molar-refractivity contribution in [2.24, 2.45) is 0 Å². The van der Waals surface area contributed by atoms with Crippen molar-refractivity contribution in [1.29, 1.82) is 0 Å². The molecule has 2 aliphatic heterocycles. The number of fused-ring (bicyclic) bond motifs is 1. The van der Waals surface area contributed by atoms with Crippen LogP contribution in [0.15, 0.2) is 42.5 Å². The van der Waals surface area contributed by atoms with Gasteiger partial charge >= 0.3 is 0 Å². The quantitative estimate of drug-likeness (QED) is 0.816. The number of ether oxygens (including phenoxy) is 2. The van der Waals surface area contributed by atoms with E-state index < -0.39 is 5.60 Å². The monoisotopic (exact) mass is 379 g/mol. The molecule has 1 amide bonds. The van der Waals surface area contributed by atoms with Gasteiger partial charge in [-0.1, -0.05) is 24.3 Å². The second-order valence-corrected chi connectivity index (χ2v) is 7.82. The van der Waals surface area contributed by atoms with Gasteiger partial charge in [-0.15, -0.1) is 0 Å². The van der Waals surface area contributed by atoms with Gasteiger partial charge in [-0.3, -0.25) is 9.59 Å². The number of likely N-dealkylation sites (tertiary alicyclic amines) is 1. The Hall–Kier alpha value is -2.82. The maximum atomic E-state index is 12.8. The van der Waals surface area contributed by atoms with E-state index >= 15 is 0 Å². The van der Waals surface area contributed by atoms with Crippen LogP contribution in [0.2, 0.25) is 0 Å². The maximum Gasteiger partial charge on any atom is 0.260 e. The molecule has 2 heterocycles. The molecule has 1 saturated heterocycles. The van der Waals surface area contributed by atoms with Gasteiger partial charge in [0.25, 0.3) is 5.91 Å². The lowest BCUT2D eigenvalue weighted by molar-refractivity contribution is -0.136. The average molecular weight is 379 g/mol. The summed E-state index contributed by atoms with van der Waals surface area (Å²) < 4.78 is 11.9. The first-order valence-corrected chi connectivity index (χ1v) is 9.75. The van der Waals surface area contributed by atoms with Crippen molar-refractivity contribution >= 4 is 11.7 Å².